The summed E-state index contributed by atoms with van der Waals surface area (Å²) in [4.78, 5) is 9.13. The van der Waals surface area contributed by atoms with E-state index in [0.717, 1.165) is 42.0 Å². The number of anilines is 1. The van der Waals surface area contributed by atoms with Gasteiger partial charge in [-0.3, -0.25) is 9.08 Å². The zero-order valence-corrected chi connectivity index (χ0v) is 18.1. The molecule has 0 saturated carbocycles. The van der Waals surface area contributed by atoms with Crippen LogP contribution in [0.1, 0.15) is 12.1 Å². The molecule has 0 spiro atoms. The third kappa shape index (κ3) is 3.32. The van der Waals surface area contributed by atoms with Crippen LogP contribution in [0.5, 0.6) is 5.75 Å². The molecule has 0 bridgehead atoms. The van der Waals surface area contributed by atoms with Gasteiger partial charge in [-0.15, -0.1) is 0 Å². The van der Waals surface area contributed by atoms with Gasteiger partial charge in [0.1, 0.15) is 23.3 Å². The minimum atomic E-state index is -2.82. The first-order valence-corrected chi connectivity index (χ1v) is 11.0. The van der Waals surface area contributed by atoms with Gasteiger partial charge in [0.2, 0.25) is 0 Å². The number of aromatic nitrogens is 5. The molecule has 1 saturated heterocycles. The second kappa shape index (κ2) is 7.51. The summed E-state index contributed by atoms with van der Waals surface area (Å²) in [5.41, 5.74) is 5.28. The first-order valence-electron chi connectivity index (χ1n) is 11.0. The summed E-state index contributed by atoms with van der Waals surface area (Å²) >= 11 is 0. The molecular weight excluding hydrogens is 428 g/mol. The molecule has 4 aromatic heterocycles. The lowest BCUT2D eigenvalue weighted by atomic mass is 10.1. The molecular formula is C23H23F2N7O. The Kier molecular flexibility index (Phi) is 4.58. The van der Waals surface area contributed by atoms with E-state index in [2.05, 4.69) is 25.7 Å². The second-order valence-corrected chi connectivity index (χ2v) is 8.46. The van der Waals surface area contributed by atoms with Gasteiger partial charge in [-0.1, -0.05) is 6.07 Å². The van der Waals surface area contributed by atoms with Gasteiger partial charge >= 0.3 is 0 Å². The van der Waals surface area contributed by atoms with Crippen molar-refractivity contribution < 1.29 is 13.5 Å². The van der Waals surface area contributed by atoms with E-state index in [9.17, 15) is 8.78 Å². The first-order chi connectivity index (χ1) is 16.0. The quantitative estimate of drug-likeness (QED) is 0.485. The van der Waals surface area contributed by atoms with Crippen LogP contribution in [-0.4, -0.2) is 56.3 Å². The fourth-order valence-electron chi connectivity index (χ4n) is 4.70. The van der Waals surface area contributed by atoms with Gasteiger partial charge in [-0.2, -0.15) is 5.10 Å². The van der Waals surface area contributed by atoms with Crippen molar-refractivity contribution in [2.45, 2.75) is 31.4 Å². The maximum absolute atomic E-state index is 14.0. The van der Waals surface area contributed by atoms with Crippen molar-refractivity contribution >= 4 is 11.5 Å². The summed E-state index contributed by atoms with van der Waals surface area (Å²) in [5, 5.41) is 10.1. The zero-order chi connectivity index (χ0) is 22.6. The lowest BCUT2D eigenvalue weighted by molar-refractivity contribution is 0.0138. The third-order valence-corrected chi connectivity index (χ3v) is 6.40. The Labute approximate surface area is 188 Å². The summed E-state index contributed by atoms with van der Waals surface area (Å²) in [6.07, 6.45) is 7.66. The van der Waals surface area contributed by atoms with Crippen LogP contribution < -0.4 is 15.4 Å². The number of aryl methyl sites for hydroxylation is 1. The number of rotatable bonds is 5. The van der Waals surface area contributed by atoms with E-state index in [1.165, 1.54) is 5.69 Å². The number of hydrogen-bond donors (Lipinski definition) is 2. The molecule has 4 aromatic rings. The van der Waals surface area contributed by atoms with Crippen molar-refractivity contribution in [3.8, 4) is 28.3 Å². The molecule has 1 fully saturated rings. The van der Waals surface area contributed by atoms with Gasteiger partial charge < -0.3 is 15.4 Å². The van der Waals surface area contributed by atoms with Crippen LogP contribution in [0.3, 0.4) is 0 Å². The van der Waals surface area contributed by atoms with E-state index in [-0.39, 0.29) is 13.1 Å². The fraction of sp³-hybridized carbons (Fsp3) is 0.348. The zero-order valence-electron chi connectivity index (χ0n) is 18.1. The monoisotopic (exact) mass is 451 g/mol. The Bertz CT molecular complexity index is 1350. The van der Waals surface area contributed by atoms with Crippen molar-refractivity contribution in [3.63, 3.8) is 0 Å². The van der Waals surface area contributed by atoms with E-state index in [1.54, 1.807) is 25.4 Å². The molecule has 0 aromatic carbocycles. The molecule has 0 radical (unpaired) electrons. The molecule has 6 heterocycles. The summed E-state index contributed by atoms with van der Waals surface area (Å²) in [7, 11) is 1.65. The SMILES string of the molecule is COc1cc2ncc(-c3cccc(NC4CNCC4(F)F)n3)n2cc1-c1cnn2c1CCC2. The smallest absolute Gasteiger partial charge is 0.281 e. The lowest BCUT2D eigenvalue weighted by Crippen LogP contribution is -2.38. The van der Waals surface area contributed by atoms with Gasteiger partial charge in [0, 0.05) is 42.2 Å². The topological polar surface area (TPSA) is 81.3 Å². The molecule has 8 nitrogen and oxygen atoms in total. The molecule has 6 rings (SSSR count). The Morgan fingerprint density at radius 1 is 1.24 bits per heavy atom. The fourth-order valence-corrected chi connectivity index (χ4v) is 4.70. The number of nitrogens with zero attached hydrogens (tertiary/aromatic N) is 5. The maximum Gasteiger partial charge on any atom is 0.281 e. The molecule has 2 aliphatic rings. The molecule has 10 heteroatoms. The Hall–Kier alpha value is -3.53. The summed E-state index contributed by atoms with van der Waals surface area (Å²) in [6, 6.07) is 6.25. The van der Waals surface area contributed by atoms with Crippen LogP contribution in [0.25, 0.3) is 28.2 Å². The average Bonchev–Trinajstić information content (AvgIpc) is 3.57. The van der Waals surface area contributed by atoms with E-state index in [1.807, 2.05) is 33.6 Å². The number of pyridine rings is 2. The molecule has 1 unspecified atom stereocenters. The van der Waals surface area contributed by atoms with Crippen molar-refractivity contribution in [3.05, 3.63) is 48.5 Å². The molecule has 2 aliphatic heterocycles. The van der Waals surface area contributed by atoms with Crippen molar-refractivity contribution in [1.82, 2.24) is 29.5 Å². The highest BCUT2D eigenvalue weighted by Crippen LogP contribution is 2.36. The van der Waals surface area contributed by atoms with E-state index in [0.29, 0.717) is 17.2 Å². The third-order valence-electron chi connectivity index (χ3n) is 6.40. The highest BCUT2D eigenvalue weighted by Gasteiger charge is 2.44. The van der Waals surface area contributed by atoms with E-state index in [4.69, 9.17) is 4.74 Å². The molecule has 170 valence electrons. The first kappa shape index (κ1) is 20.1. The summed E-state index contributed by atoms with van der Waals surface area (Å²) in [6.45, 7) is 0.782. The number of hydrogen-bond acceptors (Lipinski definition) is 6. The Morgan fingerprint density at radius 2 is 2.15 bits per heavy atom. The van der Waals surface area contributed by atoms with Crippen LogP contribution in [0, 0.1) is 0 Å². The number of fused-ring (bicyclic) bond motifs is 2. The highest BCUT2D eigenvalue weighted by molar-refractivity contribution is 5.75. The Balaban J connectivity index is 1.41. The number of methoxy groups -OCH3 is 1. The lowest BCUT2D eigenvalue weighted by Gasteiger charge is -2.20. The minimum Gasteiger partial charge on any atom is -0.496 e. The normalized spacial score (nSPS) is 19.2. The van der Waals surface area contributed by atoms with Crippen molar-refractivity contribution in [2.75, 3.05) is 25.5 Å². The molecule has 1 atom stereocenters. The van der Waals surface area contributed by atoms with Gasteiger partial charge in [-0.05, 0) is 25.0 Å². The van der Waals surface area contributed by atoms with Crippen LogP contribution in [0.15, 0.2) is 42.9 Å². The number of alkyl halides is 2. The number of imidazole rings is 1. The van der Waals surface area contributed by atoms with Gasteiger partial charge in [0.05, 0.1) is 37.4 Å². The molecule has 0 aliphatic carbocycles. The second-order valence-electron chi connectivity index (χ2n) is 8.46. The predicted molar refractivity (Wildman–Crippen MR) is 120 cm³/mol. The summed E-state index contributed by atoms with van der Waals surface area (Å²) in [5.74, 6) is -1.70. The number of ether oxygens (including phenoxy) is 1. The molecule has 0 amide bonds. The number of halogens is 2. The predicted octanol–water partition coefficient (Wildman–Crippen LogP) is 3.23. The van der Waals surface area contributed by atoms with Crippen molar-refractivity contribution in [2.24, 2.45) is 0 Å². The molecule has 2 N–H and O–H groups in total. The largest absolute Gasteiger partial charge is 0.496 e. The minimum absolute atomic E-state index is 0.188. The van der Waals surface area contributed by atoms with Gasteiger partial charge in [0.15, 0.2) is 0 Å². The van der Waals surface area contributed by atoms with Crippen molar-refractivity contribution in [1.29, 1.82) is 0 Å². The van der Waals surface area contributed by atoms with E-state index < -0.39 is 12.0 Å². The van der Waals surface area contributed by atoms with Crippen LogP contribution in [-0.2, 0) is 13.0 Å². The van der Waals surface area contributed by atoms with Crippen LogP contribution in [0.2, 0.25) is 0 Å². The van der Waals surface area contributed by atoms with Crippen LogP contribution >= 0.6 is 0 Å². The maximum atomic E-state index is 14.0. The number of nitrogens with one attached hydrogen (secondary N) is 2. The van der Waals surface area contributed by atoms with E-state index >= 15 is 0 Å². The Morgan fingerprint density at radius 3 is 2.97 bits per heavy atom. The van der Waals surface area contributed by atoms with Gasteiger partial charge in [-0.25, -0.2) is 18.7 Å². The summed E-state index contributed by atoms with van der Waals surface area (Å²) < 4.78 is 37.7. The van der Waals surface area contributed by atoms with Crippen LogP contribution in [0.4, 0.5) is 14.6 Å². The highest BCUT2D eigenvalue weighted by atomic mass is 19.3. The molecule has 33 heavy (non-hydrogen) atoms. The standard InChI is InChI=1S/C23H23F2N7O/c1-33-19-8-22-27-10-18(31(22)12-15(19)14-9-28-32-7-3-5-17(14)32)16-4-2-6-21(29-16)30-20-11-26-13-23(20,24)25/h2,4,6,8-10,12,20,26H,3,5,7,11,13H2,1H3,(H,29,30). The van der Waals surface area contributed by atoms with Gasteiger partial charge in [0.25, 0.3) is 5.92 Å². The average molecular weight is 451 g/mol.